The Labute approximate surface area is 131 Å². The van der Waals surface area contributed by atoms with E-state index >= 15 is 0 Å². The molecule has 0 spiro atoms. The molecule has 0 unspecified atom stereocenters. The van der Waals surface area contributed by atoms with Crippen molar-refractivity contribution in [3.8, 4) is 22.8 Å². The lowest BCUT2D eigenvalue weighted by atomic mass is 10.0. The van der Waals surface area contributed by atoms with Gasteiger partial charge in [-0.25, -0.2) is 13.6 Å². The van der Waals surface area contributed by atoms with E-state index in [1.54, 1.807) is 0 Å². The van der Waals surface area contributed by atoms with E-state index in [0.717, 1.165) is 6.92 Å². The molecule has 0 aliphatic heterocycles. The summed E-state index contributed by atoms with van der Waals surface area (Å²) < 4.78 is 39.1. The number of aryl methyl sites for hydroxylation is 1. The minimum atomic E-state index is -3.09. The smallest absolute Gasteiger partial charge is 0.356 e. The lowest BCUT2D eigenvalue weighted by Crippen LogP contribution is -2.09. The third-order valence-electron chi connectivity index (χ3n) is 3.36. The van der Waals surface area contributed by atoms with Crippen molar-refractivity contribution in [1.29, 1.82) is 0 Å². The number of hydrogen-bond acceptors (Lipinski definition) is 4. The predicted octanol–water partition coefficient (Wildman–Crippen LogP) is 2.91. The van der Waals surface area contributed by atoms with Crippen LogP contribution in [0.2, 0.25) is 0 Å². The van der Waals surface area contributed by atoms with Crippen molar-refractivity contribution in [1.82, 2.24) is 9.78 Å². The summed E-state index contributed by atoms with van der Waals surface area (Å²) in [6, 6.07) is 3.72. The molecular weight excluding hydrogens is 310 g/mol. The van der Waals surface area contributed by atoms with Crippen LogP contribution in [0.1, 0.15) is 23.0 Å². The number of carboxylic acid groups (broad SMARTS) is 1. The zero-order valence-electron chi connectivity index (χ0n) is 13.1. The van der Waals surface area contributed by atoms with Crippen LogP contribution in [-0.2, 0) is 13.0 Å². The average molecular weight is 326 g/mol. The number of ether oxygens (including phenoxy) is 2. The van der Waals surface area contributed by atoms with Gasteiger partial charge in [0.05, 0.1) is 19.9 Å². The van der Waals surface area contributed by atoms with Crippen molar-refractivity contribution < 1.29 is 28.2 Å². The van der Waals surface area contributed by atoms with E-state index in [1.807, 2.05) is 0 Å². The van der Waals surface area contributed by atoms with E-state index in [0.29, 0.717) is 5.69 Å². The topological polar surface area (TPSA) is 73.6 Å². The number of carboxylic acids is 1. The Balaban J connectivity index is 2.76. The molecule has 1 aromatic carbocycles. The van der Waals surface area contributed by atoms with Gasteiger partial charge in [0.25, 0.3) is 5.92 Å². The Hall–Kier alpha value is -2.64. The van der Waals surface area contributed by atoms with Crippen LogP contribution < -0.4 is 9.47 Å². The molecule has 124 valence electrons. The van der Waals surface area contributed by atoms with E-state index in [4.69, 9.17) is 14.6 Å². The maximum atomic E-state index is 13.7. The lowest BCUT2D eigenvalue weighted by Gasteiger charge is -2.18. The second-order valence-electron chi connectivity index (χ2n) is 4.99. The normalized spacial score (nSPS) is 11.4. The maximum Gasteiger partial charge on any atom is 0.356 e. The molecule has 0 atom stereocenters. The molecule has 23 heavy (non-hydrogen) atoms. The number of nitrogens with zero attached hydrogens (tertiary/aromatic N) is 2. The summed E-state index contributed by atoms with van der Waals surface area (Å²) in [5, 5.41) is 12.9. The summed E-state index contributed by atoms with van der Waals surface area (Å²) >= 11 is 0. The van der Waals surface area contributed by atoms with Crippen molar-refractivity contribution in [2.24, 2.45) is 7.05 Å². The first kappa shape index (κ1) is 16.7. The molecule has 6 nitrogen and oxygen atoms in total. The largest absolute Gasteiger partial charge is 0.493 e. The summed E-state index contributed by atoms with van der Waals surface area (Å²) in [5.41, 5.74) is 0.120. The Bertz CT molecular complexity index is 751. The molecule has 1 N–H and O–H groups in total. The fourth-order valence-corrected chi connectivity index (χ4v) is 2.23. The minimum absolute atomic E-state index is 0.125. The fraction of sp³-hybridized carbons (Fsp3) is 0.333. The zero-order chi connectivity index (χ0) is 17.4. The molecule has 0 aliphatic carbocycles. The van der Waals surface area contributed by atoms with E-state index < -0.39 is 11.9 Å². The number of methoxy groups -OCH3 is 2. The average Bonchev–Trinajstić information content (AvgIpc) is 2.86. The van der Waals surface area contributed by atoms with Gasteiger partial charge in [0.15, 0.2) is 17.2 Å². The number of aromatic carboxylic acids is 1. The summed E-state index contributed by atoms with van der Waals surface area (Å²) in [6.07, 6.45) is 0. The minimum Gasteiger partial charge on any atom is -0.493 e. The van der Waals surface area contributed by atoms with E-state index in [-0.39, 0.29) is 28.3 Å². The monoisotopic (exact) mass is 326 g/mol. The van der Waals surface area contributed by atoms with E-state index in [9.17, 15) is 13.6 Å². The molecule has 0 saturated heterocycles. The number of carbonyl (C=O) groups is 1. The first-order valence-corrected chi connectivity index (χ1v) is 6.61. The molecule has 1 aromatic heterocycles. The van der Waals surface area contributed by atoms with Gasteiger partial charge in [0.2, 0.25) is 0 Å². The second-order valence-corrected chi connectivity index (χ2v) is 4.99. The first-order chi connectivity index (χ1) is 10.7. The number of benzene rings is 1. The van der Waals surface area contributed by atoms with Crippen LogP contribution in [0.3, 0.4) is 0 Å². The maximum absolute atomic E-state index is 13.7. The van der Waals surface area contributed by atoms with Gasteiger partial charge in [-0.15, -0.1) is 0 Å². The van der Waals surface area contributed by atoms with Gasteiger partial charge in [0.1, 0.15) is 0 Å². The van der Waals surface area contributed by atoms with E-state index in [1.165, 1.54) is 44.1 Å². The highest BCUT2D eigenvalue weighted by Gasteiger charge is 2.29. The van der Waals surface area contributed by atoms with Gasteiger partial charge in [-0.05, 0) is 18.2 Å². The summed E-state index contributed by atoms with van der Waals surface area (Å²) in [6.45, 7) is 0.768. The van der Waals surface area contributed by atoms with Crippen molar-refractivity contribution in [2.75, 3.05) is 14.2 Å². The van der Waals surface area contributed by atoms with Gasteiger partial charge in [0, 0.05) is 25.1 Å². The van der Waals surface area contributed by atoms with Gasteiger partial charge < -0.3 is 14.6 Å². The van der Waals surface area contributed by atoms with Crippen LogP contribution in [0.5, 0.6) is 11.5 Å². The standard InChI is InChI=1S/C15H16F2N2O4/c1-15(16,17)8-5-9(13(23-4)12(6-8)22-3)11-7-10(14(20)21)18-19(11)2/h5-7H,1-4H3,(H,20,21). The molecule has 0 saturated carbocycles. The van der Waals surface area contributed by atoms with Crippen molar-refractivity contribution >= 4 is 5.97 Å². The molecule has 0 amide bonds. The highest BCUT2D eigenvalue weighted by Crippen LogP contribution is 2.42. The van der Waals surface area contributed by atoms with Crippen LogP contribution in [0.15, 0.2) is 18.2 Å². The molecule has 0 radical (unpaired) electrons. The molecular formula is C15H16F2N2O4. The van der Waals surface area contributed by atoms with E-state index in [2.05, 4.69) is 5.10 Å². The number of aromatic nitrogens is 2. The molecule has 2 aromatic rings. The van der Waals surface area contributed by atoms with Gasteiger partial charge >= 0.3 is 5.97 Å². The number of alkyl halides is 2. The van der Waals surface area contributed by atoms with Crippen LogP contribution in [0.4, 0.5) is 8.78 Å². The van der Waals surface area contributed by atoms with Crippen molar-refractivity contribution in [3.63, 3.8) is 0 Å². The third kappa shape index (κ3) is 3.10. The number of rotatable bonds is 5. The summed E-state index contributed by atoms with van der Waals surface area (Å²) in [7, 11) is 4.23. The quantitative estimate of drug-likeness (QED) is 0.914. The SMILES string of the molecule is COc1cc(C(C)(F)F)cc(-c2cc(C(=O)O)nn2C)c1OC. The number of halogens is 2. The van der Waals surface area contributed by atoms with Crippen LogP contribution >= 0.6 is 0 Å². The lowest BCUT2D eigenvalue weighted by molar-refractivity contribution is 0.0172. The highest BCUT2D eigenvalue weighted by atomic mass is 19.3. The molecule has 0 fully saturated rings. The Morgan fingerprint density at radius 2 is 1.91 bits per heavy atom. The number of hydrogen-bond donors (Lipinski definition) is 1. The molecule has 0 aliphatic rings. The van der Waals surface area contributed by atoms with Crippen LogP contribution in [0.25, 0.3) is 11.3 Å². The Morgan fingerprint density at radius 3 is 2.35 bits per heavy atom. The highest BCUT2D eigenvalue weighted by molar-refractivity contribution is 5.87. The molecule has 1 heterocycles. The Kier molecular flexibility index (Phi) is 4.26. The summed E-state index contributed by atoms with van der Waals surface area (Å²) in [4.78, 5) is 11.0. The molecule has 8 heteroatoms. The van der Waals surface area contributed by atoms with Gasteiger partial charge in [-0.1, -0.05) is 0 Å². The van der Waals surface area contributed by atoms with Crippen LogP contribution in [0, 0.1) is 0 Å². The third-order valence-corrected chi connectivity index (χ3v) is 3.36. The summed E-state index contributed by atoms with van der Waals surface area (Å²) in [5.74, 6) is -3.96. The second kappa shape index (κ2) is 5.86. The Morgan fingerprint density at radius 1 is 1.26 bits per heavy atom. The zero-order valence-corrected chi connectivity index (χ0v) is 13.1. The molecule has 0 bridgehead atoms. The molecule has 2 rings (SSSR count). The predicted molar refractivity (Wildman–Crippen MR) is 78.3 cm³/mol. The van der Waals surface area contributed by atoms with Gasteiger partial charge in [-0.3, -0.25) is 4.68 Å². The van der Waals surface area contributed by atoms with Crippen LogP contribution in [-0.4, -0.2) is 35.1 Å². The van der Waals surface area contributed by atoms with Crippen molar-refractivity contribution in [2.45, 2.75) is 12.8 Å². The first-order valence-electron chi connectivity index (χ1n) is 6.61. The fourth-order valence-electron chi connectivity index (χ4n) is 2.23. The van der Waals surface area contributed by atoms with Gasteiger partial charge in [-0.2, -0.15) is 5.10 Å². The van der Waals surface area contributed by atoms with Crippen molar-refractivity contribution in [3.05, 3.63) is 29.5 Å².